The molecule has 0 aliphatic heterocycles. The fourth-order valence-electron chi connectivity index (χ4n) is 18.5. The van der Waals surface area contributed by atoms with Gasteiger partial charge in [-0.1, -0.05) is 279 Å². The molecular weight excluding hydrogens is 1380 g/mol. The van der Waals surface area contributed by atoms with Crippen LogP contribution in [0, 0.1) is 0 Å². The molecule has 0 saturated carbocycles. The quantitative estimate of drug-likeness (QED) is 0.135. The highest BCUT2D eigenvalue weighted by Crippen LogP contribution is 2.50. The minimum absolute atomic E-state index is 0.603. The summed E-state index contributed by atoms with van der Waals surface area (Å²) in [4.78, 5) is 26.8. The van der Waals surface area contributed by atoms with E-state index in [0.29, 0.717) is 23.3 Å². The molecule has 20 aromatic carbocycles. The molecule has 0 N–H and O–H groups in total. The molecule has 0 fully saturated rings. The Bertz CT molecular complexity index is 8140. The number of hydrogen-bond acceptors (Lipinski definition) is 5. The number of para-hydroxylation sites is 2. The summed E-state index contributed by atoms with van der Waals surface area (Å²) in [7, 11) is 0. The van der Waals surface area contributed by atoms with Crippen molar-refractivity contribution in [3.05, 3.63) is 382 Å². The van der Waals surface area contributed by atoms with Gasteiger partial charge in [0.05, 0.1) is 33.5 Å². The number of fused-ring (bicyclic) bond motifs is 24. The number of rotatable bonds is 9. The van der Waals surface area contributed by atoms with Crippen LogP contribution in [0.15, 0.2) is 382 Å². The lowest BCUT2D eigenvalue weighted by atomic mass is 9.87. The highest BCUT2D eigenvalue weighted by molar-refractivity contribution is 6.40. The maximum Gasteiger partial charge on any atom is 0.164 e. The molecule has 0 spiro atoms. The summed E-state index contributed by atoms with van der Waals surface area (Å²) in [5.41, 5.74) is 16.4. The Hall–Kier alpha value is -15.3. The zero-order chi connectivity index (χ0) is 74.6. The van der Waals surface area contributed by atoms with Crippen LogP contribution in [0.25, 0.3) is 242 Å². The molecule has 24 rings (SSSR count). The average Bonchev–Trinajstić information content (AvgIpc) is 1.43. The van der Waals surface area contributed by atoms with Gasteiger partial charge in [0.15, 0.2) is 23.3 Å². The number of aromatic nitrogens is 7. The zero-order valence-electron chi connectivity index (χ0n) is 61.5. The van der Waals surface area contributed by atoms with Crippen molar-refractivity contribution in [3.63, 3.8) is 0 Å². The standard InChI is InChI=1S/C107H63N7/c1-4-23-71-57-76(43-38-64(71)19-1)93-63-94(109-104(108-93)69-47-52-81(53-48-69)113-95-35-17-15-33-90(95)100-97-83-27-9-7-22-68(83)51-56-87(97)85-29-11-13-31-88(85)102(100)113)77-44-39-67-37-42-75(60-80(67)61-77)92-62-74-26-8-10-28-84(74)99-98(92)86-30-12-14-32-89(86)103-101(99)91-34-16-18-36-96(91)114(103)82-54-49-70(50-55-82)105-110-106(78-45-40-65-20-2-5-24-72(65)58-78)112-107(111-105)79-46-41-66-21-3-6-25-73(66)59-79/h1-63H. The number of nitrogens with zero attached hydrogens (tertiary/aromatic N) is 7. The second kappa shape index (κ2) is 25.1. The summed E-state index contributed by atoms with van der Waals surface area (Å²) < 4.78 is 4.94. The van der Waals surface area contributed by atoms with E-state index in [4.69, 9.17) is 24.9 Å². The SMILES string of the molecule is c1ccc2cc(-c3cc(-c4ccc5ccc(-c6cc7ccccc7c7c6c6ccccc6c6c7c7ccccc7n6-c6ccc(-c7nc(-c8ccc9ccccc9c8)nc(-c8ccc9ccccc9c8)n7)cc6)cc5c4)nc(-c4ccc(-n5c6ccccc6c6c7c8ccccc8ccc7c7ccccc7c65)cc4)n3)ccc2c1. The molecule has 0 atom stereocenters. The fourth-order valence-corrected chi connectivity index (χ4v) is 18.5. The van der Waals surface area contributed by atoms with E-state index in [9.17, 15) is 0 Å². The molecule has 7 nitrogen and oxygen atoms in total. The molecule has 0 bridgehead atoms. The van der Waals surface area contributed by atoms with Crippen molar-refractivity contribution in [2.24, 2.45) is 0 Å². The maximum absolute atomic E-state index is 5.56. The van der Waals surface area contributed by atoms with Crippen LogP contribution in [0.5, 0.6) is 0 Å². The third kappa shape index (κ3) is 9.99. The van der Waals surface area contributed by atoms with Crippen LogP contribution in [0.1, 0.15) is 0 Å². The van der Waals surface area contributed by atoms with E-state index < -0.39 is 0 Å². The van der Waals surface area contributed by atoms with Crippen LogP contribution in [-0.2, 0) is 0 Å². The molecule has 0 amide bonds. The van der Waals surface area contributed by atoms with Gasteiger partial charge in [-0.05, 0) is 200 Å². The highest BCUT2D eigenvalue weighted by Gasteiger charge is 2.26. The molecule has 0 radical (unpaired) electrons. The first-order chi connectivity index (χ1) is 56.5. The van der Waals surface area contributed by atoms with E-state index in [0.717, 1.165) is 121 Å². The van der Waals surface area contributed by atoms with Crippen LogP contribution in [0.3, 0.4) is 0 Å². The second-order valence-electron chi connectivity index (χ2n) is 30.2. The monoisotopic (exact) mass is 1450 g/mol. The van der Waals surface area contributed by atoms with Gasteiger partial charge in [0.1, 0.15) is 0 Å². The summed E-state index contributed by atoms with van der Waals surface area (Å²) in [5, 5.41) is 28.7. The van der Waals surface area contributed by atoms with Crippen LogP contribution in [0.2, 0.25) is 0 Å². The molecule has 4 heterocycles. The fraction of sp³-hybridized carbons (Fsp3) is 0. The molecule has 24 aromatic rings. The van der Waals surface area contributed by atoms with Gasteiger partial charge < -0.3 is 9.13 Å². The lowest BCUT2D eigenvalue weighted by Gasteiger charge is -2.18. The van der Waals surface area contributed by atoms with Gasteiger partial charge in [-0.2, -0.15) is 0 Å². The van der Waals surface area contributed by atoms with Crippen molar-refractivity contribution in [2.45, 2.75) is 0 Å². The maximum atomic E-state index is 5.56. The van der Waals surface area contributed by atoms with Crippen LogP contribution >= 0.6 is 0 Å². The van der Waals surface area contributed by atoms with E-state index >= 15 is 0 Å². The summed E-state index contributed by atoms with van der Waals surface area (Å²) >= 11 is 0. The van der Waals surface area contributed by atoms with Crippen molar-refractivity contribution in [3.8, 4) is 90.6 Å². The Labute approximate surface area is 653 Å². The minimum atomic E-state index is 0.603. The highest BCUT2D eigenvalue weighted by atomic mass is 15.0. The van der Waals surface area contributed by atoms with E-state index in [1.54, 1.807) is 0 Å². The van der Waals surface area contributed by atoms with Gasteiger partial charge in [-0.15, -0.1) is 0 Å². The topological polar surface area (TPSA) is 74.3 Å². The van der Waals surface area contributed by atoms with Crippen molar-refractivity contribution in [2.75, 3.05) is 0 Å². The number of benzene rings is 20. The number of hydrogen-bond donors (Lipinski definition) is 0. The average molecular weight is 1450 g/mol. The van der Waals surface area contributed by atoms with Crippen LogP contribution in [-0.4, -0.2) is 34.1 Å². The van der Waals surface area contributed by atoms with Crippen LogP contribution < -0.4 is 0 Å². The van der Waals surface area contributed by atoms with Crippen LogP contribution in [0.4, 0.5) is 0 Å². The molecule has 0 aliphatic rings. The van der Waals surface area contributed by atoms with Crippen molar-refractivity contribution < 1.29 is 0 Å². The van der Waals surface area contributed by atoms with E-state index in [1.165, 1.54) is 97.3 Å². The first kappa shape index (κ1) is 63.6. The molecular formula is C107H63N7. The molecule has 0 saturated heterocycles. The Balaban J connectivity index is 0.645. The molecule has 0 aliphatic carbocycles. The summed E-state index contributed by atoms with van der Waals surface area (Å²) in [6.45, 7) is 0. The summed E-state index contributed by atoms with van der Waals surface area (Å²) in [6, 6.07) is 139. The van der Waals surface area contributed by atoms with E-state index in [-0.39, 0.29) is 0 Å². The zero-order valence-corrected chi connectivity index (χ0v) is 61.5. The molecule has 0 unspecified atom stereocenters. The predicted octanol–water partition coefficient (Wildman–Crippen LogP) is 28.1. The molecule has 114 heavy (non-hydrogen) atoms. The Morgan fingerprint density at radius 1 is 0.167 bits per heavy atom. The third-order valence-corrected chi connectivity index (χ3v) is 23.8. The van der Waals surface area contributed by atoms with Gasteiger partial charge in [0.25, 0.3) is 0 Å². The summed E-state index contributed by atoms with van der Waals surface area (Å²) in [5.74, 6) is 2.50. The van der Waals surface area contributed by atoms with Crippen molar-refractivity contribution in [1.82, 2.24) is 34.1 Å². The van der Waals surface area contributed by atoms with Gasteiger partial charge in [0.2, 0.25) is 0 Å². The van der Waals surface area contributed by atoms with Gasteiger partial charge >= 0.3 is 0 Å². The smallest absolute Gasteiger partial charge is 0.164 e. The lowest BCUT2D eigenvalue weighted by molar-refractivity contribution is 1.07. The molecule has 7 heteroatoms. The predicted molar refractivity (Wildman–Crippen MR) is 477 cm³/mol. The lowest BCUT2D eigenvalue weighted by Crippen LogP contribution is -2.01. The van der Waals surface area contributed by atoms with Crippen molar-refractivity contribution in [1.29, 1.82) is 0 Å². The molecule has 526 valence electrons. The Morgan fingerprint density at radius 2 is 0.500 bits per heavy atom. The van der Waals surface area contributed by atoms with Gasteiger partial charge in [0, 0.05) is 87.8 Å². The second-order valence-corrected chi connectivity index (χ2v) is 30.2. The largest absolute Gasteiger partial charge is 0.309 e. The first-order valence-electron chi connectivity index (χ1n) is 38.9. The minimum Gasteiger partial charge on any atom is -0.309 e. The van der Waals surface area contributed by atoms with Gasteiger partial charge in [-0.25, -0.2) is 24.9 Å². The third-order valence-electron chi connectivity index (χ3n) is 23.8. The van der Waals surface area contributed by atoms with E-state index in [2.05, 4.69) is 391 Å². The normalized spacial score (nSPS) is 12.0. The molecule has 4 aromatic heterocycles. The van der Waals surface area contributed by atoms with E-state index in [1.807, 2.05) is 0 Å². The van der Waals surface area contributed by atoms with Gasteiger partial charge in [-0.3, -0.25) is 0 Å². The Kier molecular flexibility index (Phi) is 14.0. The van der Waals surface area contributed by atoms with Crippen molar-refractivity contribution >= 4 is 151 Å². The first-order valence-corrected chi connectivity index (χ1v) is 38.9. The Morgan fingerprint density at radius 3 is 1.04 bits per heavy atom. The summed E-state index contributed by atoms with van der Waals surface area (Å²) in [6.07, 6.45) is 0.